The summed E-state index contributed by atoms with van der Waals surface area (Å²) in [4.78, 5) is 25.6. The van der Waals surface area contributed by atoms with Crippen molar-refractivity contribution in [3.8, 4) is 5.69 Å². The average molecular weight is 313 g/mol. The van der Waals surface area contributed by atoms with Crippen LogP contribution in [0.5, 0.6) is 0 Å². The van der Waals surface area contributed by atoms with Crippen LogP contribution >= 0.6 is 0 Å². The molecule has 1 fully saturated rings. The largest absolute Gasteiger partial charge is 0.481 e. The van der Waals surface area contributed by atoms with Crippen LogP contribution in [0.15, 0.2) is 42.6 Å². The van der Waals surface area contributed by atoms with E-state index in [-0.39, 0.29) is 12.5 Å². The van der Waals surface area contributed by atoms with Crippen molar-refractivity contribution in [3.05, 3.63) is 48.3 Å². The maximum atomic E-state index is 12.6. The van der Waals surface area contributed by atoms with Crippen LogP contribution in [0.1, 0.15) is 30.3 Å². The molecule has 0 bridgehead atoms. The molecule has 1 N–H and O–H groups in total. The second-order valence-electron chi connectivity index (χ2n) is 6.18. The Morgan fingerprint density at radius 3 is 2.65 bits per heavy atom. The Kier molecular flexibility index (Phi) is 3.90. The van der Waals surface area contributed by atoms with E-state index in [1.165, 1.54) is 0 Å². The van der Waals surface area contributed by atoms with Crippen LogP contribution in [0.4, 0.5) is 0 Å². The molecule has 0 aliphatic carbocycles. The monoisotopic (exact) mass is 313 g/mol. The lowest BCUT2D eigenvalue weighted by Gasteiger charge is -2.37. The average Bonchev–Trinajstić information content (AvgIpc) is 3.05. The molecule has 1 saturated heterocycles. The Morgan fingerprint density at radius 2 is 1.96 bits per heavy atom. The summed E-state index contributed by atoms with van der Waals surface area (Å²) in [5, 5.41) is 13.7. The molecule has 0 spiro atoms. The lowest BCUT2D eigenvalue weighted by atomic mass is 9.82. The zero-order valence-electron chi connectivity index (χ0n) is 13.0. The standard InChI is InChI=1S/C17H19N3O3/c1-17(16(22)23)9-5-10-19(12-17)15(21)14-8-11-20(18-14)13-6-3-2-4-7-13/h2-4,6-8,11H,5,9-10,12H2,1H3,(H,22,23). The number of piperidine rings is 1. The maximum absolute atomic E-state index is 12.6. The van der Waals surface area contributed by atoms with E-state index in [1.807, 2.05) is 30.3 Å². The van der Waals surface area contributed by atoms with E-state index in [1.54, 1.807) is 28.8 Å². The maximum Gasteiger partial charge on any atom is 0.311 e. The first kappa shape index (κ1) is 15.3. The summed E-state index contributed by atoms with van der Waals surface area (Å²) in [7, 11) is 0. The Morgan fingerprint density at radius 1 is 1.22 bits per heavy atom. The Hall–Kier alpha value is -2.63. The zero-order chi connectivity index (χ0) is 16.4. The van der Waals surface area contributed by atoms with Crippen molar-refractivity contribution in [2.24, 2.45) is 5.41 Å². The van der Waals surface area contributed by atoms with Gasteiger partial charge in [-0.05, 0) is 38.0 Å². The molecule has 0 radical (unpaired) electrons. The van der Waals surface area contributed by atoms with Crippen molar-refractivity contribution in [2.45, 2.75) is 19.8 Å². The molecule has 6 nitrogen and oxygen atoms in total. The van der Waals surface area contributed by atoms with E-state index in [0.717, 1.165) is 5.69 Å². The van der Waals surface area contributed by atoms with Gasteiger partial charge in [0.2, 0.25) is 0 Å². The van der Waals surface area contributed by atoms with Crippen LogP contribution in [0, 0.1) is 5.41 Å². The molecule has 0 saturated carbocycles. The minimum Gasteiger partial charge on any atom is -0.481 e. The SMILES string of the molecule is CC1(C(=O)O)CCCN(C(=O)c2ccn(-c3ccccc3)n2)C1. The summed E-state index contributed by atoms with van der Waals surface area (Å²) in [6.07, 6.45) is 3.02. The first-order valence-electron chi connectivity index (χ1n) is 7.63. The molecular weight excluding hydrogens is 294 g/mol. The van der Waals surface area contributed by atoms with Gasteiger partial charge in [0.25, 0.3) is 5.91 Å². The van der Waals surface area contributed by atoms with Gasteiger partial charge in [-0.25, -0.2) is 4.68 Å². The van der Waals surface area contributed by atoms with Crippen LogP contribution in [0.2, 0.25) is 0 Å². The lowest BCUT2D eigenvalue weighted by Crippen LogP contribution is -2.48. The highest BCUT2D eigenvalue weighted by Crippen LogP contribution is 2.30. The molecule has 1 atom stereocenters. The number of amides is 1. The normalized spacial score (nSPS) is 21.2. The number of rotatable bonds is 3. The Bertz CT molecular complexity index is 726. The van der Waals surface area contributed by atoms with Gasteiger partial charge in [0, 0.05) is 19.3 Å². The molecule has 120 valence electrons. The molecule has 1 amide bonds. The molecule has 6 heteroatoms. The van der Waals surface area contributed by atoms with E-state index >= 15 is 0 Å². The van der Waals surface area contributed by atoms with Crippen molar-refractivity contribution in [3.63, 3.8) is 0 Å². The van der Waals surface area contributed by atoms with Gasteiger partial charge in [0.05, 0.1) is 11.1 Å². The molecule has 23 heavy (non-hydrogen) atoms. The van der Waals surface area contributed by atoms with Crippen molar-refractivity contribution >= 4 is 11.9 Å². The second-order valence-corrected chi connectivity index (χ2v) is 6.18. The van der Waals surface area contributed by atoms with Crippen LogP contribution in [-0.4, -0.2) is 44.8 Å². The summed E-state index contributed by atoms with van der Waals surface area (Å²) in [5.41, 5.74) is 0.333. The first-order chi connectivity index (χ1) is 11.0. The fourth-order valence-electron chi connectivity index (χ4n) is 2.91. The number of aliphatic carboxylic acids is 1. The van der Waals surface area contributed by atoms with Gasteiger partial charge < -0.3 is 10.0 Å². The molecule has 1 aromatic carbocycles. The Labute approximate surface area is 134 Å². The minimum absolute atomic E-state index is 0.216. The van der Waals surface area contributed by atoms with Crippen LogP contribution in [-0.2, 0) is 4.79 Å². The van der Waals surface area contributed by atoms with Crippen LogP contribution < -0.4 is 0 Å². The highest BCUT2D eigenvalue weighted by molar-refractivity contribution is 5.92. The Balaban J connectivity index is 1.79. The minimum atomic E-state index is -0.879. The summed E-state index contributed by atoms with van der Waals surface area (Å²) in [6.45, 7) is 2.48. The molecule has 2 heterocycles. The second kappa shape index (κ2) is 5.87. The van der Waals surface area contributed by atoms with Gasteiger partial charge in [-0.3, -0.25) is 9.59 Å². The van der Waals surface area contributed by atoms with Crippen LogP contribution in [0.25, 0.3) is 5.69 Å². The molecule has 2 aromatic rings. The van der Waals surface area contributed by atoms with E-state index in [2.05, 4.69) is 5.10 Å². The lowest BCUT2D eigenvalue weighted by molar-refractivity contribution is -0.150. The third-order valence-electron chi connectivity index (χ3n) is 4.33. The topological polar surface area (TPSA) is 75.4 Å². The number of benzene rings is 1. The van der Waals surface area contributed by atoms with Gasteiger partial charge in [0.1, 0.15) is 0 Å². The van der Waals surface area contributed by atoms with E-state index in [0.29, 0.717) is 25.1 Å². The summed E-state index contributed by atoms with van der Waals surface area (Å²) < 4.78 is 1.65. The van der Waals surface area contributed by atoms with Gasteiger partial charge in [-0.1, -0.05) is 18.2 Å². The van der Waals surface area contributed by atoms with Crippen molar-refractivity contribution in [2.75, 3.05) is 13.1 Å². The van der Waals surface area contributed by atoms with Crippen molar-refractivity contribution in [1.82, 2.24) is 14.7 Å². The first-order valence-corrected chi connectivity index (χ1v) is 7.63. The number of carbonyl (C=O) groups is 2. The molecule has 3 rings (SSSR count). The van der Waals surface area contributed by atoms with Crippen LogP contribution in [0.3, 0.4) is 0 Å². The fourth-order valence-corrected chi connectivity index (χ4v) is 2.91. The molecular formula is C17H19N3O3. The smallest absolute Gasteiger partial charge is 0.311 e. The van der Waals surface area contributed by atoms with Gasteiger partial charge >= 0.3 is 5.97 Å². The quantitative estimate of drug-likeness (QED) is 0.942. The zero-order valence-corrected chi connectivity index (χ0v) is 13.0. The number of carboxylic acid groups (broad SMARTS) is 1. The number of carboxylic acids is 1. The number of aromatic nitrogens is 2. The molecule has 1 unspecified atom stereocenters. The van der Waals surface area contributed by atoms with Crippen molar-refractivity contribution < 1.29 is 14.7 Å². The van der Waals surface area contributed by atoms with E-state index in [4.69, 9.17) is 0 Å². The summed E-state index contributed by atoms with van der Waals surface area (Å²) >= 11 is 0. The summed E-state index contributed by atoms with van der Waals surface area (Å²) in [5.74, 6) is -1.07. The predicted octanol–water partition coefficient (Wildman–Crippen LogP) is 2.20. The number of carbonyl (C=O) groups excluding carboxylic acids is 1. The molecule has 1 aromatic heterocycles. The number of likely N-dealkylation sites (tertiary alicyclic amines) is 1. The van der Waals surface area contributed by atoms with Crippen molar-refractivity contribution in [1.29, 1.82) is 0 Å². The van der Waals surface area contributed by atoms with Gasteiger partial charge in [-0.15, -0.1) is 0 Å². The number of nitrogens with zero attached hydrogens (tertiary/aromatic N) is 3. The fraction of sp³-hybridized carbons (Fsp3) is 0.353. The van der Waals surface area contributed by atoms with Gasteiger partial charge in [-0.2, -0.15) is 5.10 Å². The van der Waals surface area contributed by atoms with E-state index in [9.17, 15) is 14.7 Å². The number of para-hydroxylation sites is 1. The molecule has 1 aliphatic rings. The highest BCUT2D eigenvalue weighted by atomic mass is 16.4. The third kappa shape index (κ3) is 2.97. The van der Waals surface area contributed by atoms with E-state index < -0.39 is 11.4 Å². The number of hydrogen-bond donors (Lipinski definition) is 1. The highest BCUT2D eigenvalue weighted by Gasteiger charge is 2.39. The summed E-state index contributed by atoms with van der Waals surface area (Å²) in [6, 6.07) is 11.2. The molecule has 1 aliphatic heterocycles. The van der Waals surface area contributed by atoms with Gasteiger partial charge in [0.15, 0.2) is 5.69 Å². The predicted molar refractivity (Wildman–Crippen MR) is 84.4 cm³/mol. The third-order valence-corrected chi connectivity index (χ3v) is 4.33. The number of hydrogen-bond acceptors (Lipinski definition) is 3.